The lowest BCUT2D eigenvalue weighted by Crippen LogP contribution is -2.36. The maximum absolute atomic E-state index is 13.6. The topological polar surface area (TPSA) is 76.5 Å². The minimum atomic E-state index is -0.988. The van der Waals surface area contributed by atoms with E-state index in [9.17, 15) is 18.4 Å². The number of carbonyl (C=O) groups excluding carboxylic acids is 1. The number of nitrogens with one attached hydrogen (secondary N) is 1. The second-order valence-electron chi connectivity index (χ2n) is 8.08. The van der Waals surface area contributed by atoms with Crippen LogP contribution in [-0.4, -0.2) is 47.0 Å². The van der Waals surface area contributed by atoms with Gasteiger partial charge in [-0.1, -0.05) is 12.1 Å². The Hall–Kier alpha value is -3.30. The van der Waals surface area contributed by atoms with E-state index in [0.29, 0.717) is 16.9 Å². The van der Waals surface area contributed by atoms with Crippen LogP contribution in [0.4, 0.5) is 19.3 Å². The number of benzene rings is 2. The van der Waals surface area contributed by atoms with Gasteiger partial charge in [0, 0.05) is 30.4 Å². The molecule has 1 amide bonds. The zero-order valence-electron chi connectivity index (χ0n) is 18.5. The van der Waals surface area contributed by atoms with E-state index in [0.717, 1.165) is 43.6 Å². The first-order valence-electron chi connectivity index (χ1n) is 10.7. The Morgan fingerprint density at radius 3 is 2.59 bits per heavy atom. The highest BCUT2D eigenvalue weighted by atomic mass is 35.5. The molecule has 0 radical (unpaired) electrons. The van der Waals surface area contributed by atoms with Crippen molar-refractivity contribution in [2.75, 3.05) is 25.5 Å². The molecule has 2 aromatic carbocycles. The van der Waals surface area contributed by atoms with Crippen LogP contribution in [0.5, 0.6) is 0 Å². The van der Waals surface area contributed by atoms with Gasteiger partial charge in [0.25, 0.3) is 5.56 Å². The van der Waals surface area contributed by atoms with Crippen LogP contribution in [0.25, 0.3) is 11.3 Å². The SMILES string of the molecule is CN1CCC(OC(=O)Nc2cccc(Cn3nc(-c4ccc(F)c(F)c4)ccc3=O)c2)CC1.Cl. The second-order valence-corrected chi connectivity index (χ2v) is 8.08. The number of carbonyl (C=O) groups is 1. The summed E-state index contributed by atoms with van der Waals surface area (Å²) in [6, 6.07) is 13.2. The molecule has 1 aliphatic heterocycles. The summed E-state index contributed by atoms with van der Waals surface area (Å²) in [7, 11) is 2.04. The third-order valence-electron chi connectivity index (χ3n) is 5.53. The summed E-state index contributed by atoms with van der Waals surface area (Å²) in [4.78, 5) is 26.8. The van der Waals surface area contributed by atoms with Crippen molar-refractivity contribution in [3.05, 3.63) is 82.1 Å². The molecule has 10 heteroatoms. The van der Waals surface area contributed by atoms with Gasteiger partial charge in [-0.2, -0.15) is 5.10 Å². The molecule has 7 nitrogen and oxygen atoms in total. The molecular weight excluding hydrogens is 466 g/mol. The molecule has 0 aliphatic carbocycles. The minimum absolute atomic E-state index is 0. The maximum atomic E-state index is 13.6. The third-order valence-corrected chi connectivity index (χ3v) is 5.53. The van der Waals surface area contributed by atoms with Crippen molar-refractivity contribution >= 4 is 24.2 Å². The van der Waals surface area contributed by atoms with Crippen molar-refractivity contribution in [1.82, 2.24) is 14.7 Å². The third kappa shape index (κ3) is 6.39. The van der Waals surface area contributed by atoms with Crippen LogP contribution in [0.3, 0.4) is 0 Å². The van der Waals surface area contributed by atoms with Crippen molar-refractivity contribution in [1.29, 1.82) is 0 Å². The predicted molar refractivity (Wildman–Crippen MR) is 127 cm³/mol. The molecule has 0 saturated carbocycles. The molecular formula is C24H25ClF2N4O3. The Bertz CT molecular complexity index is 1210. The number of hydrogen-bond donors (Lipinski definition) is 1. The van der Waals surface area contributed by atoms with Crippen LogP contribution in [0.15, 0.2) is 59.4 Å². The largest absolute Gasteiger partial charge is 0.446 e. The molecule has 1 fully saturated rings. The lowest BCUT2D eigenvalue weighted by molar-refractivity contribution is 0.0662. The lowest BCUT2D eigenvalue weighted by atomic mass is 10.1. The minimum Gasteiger partial charge on any atom is -0.446 e. The van der Waals surface area contributed by atoms with Crippen LogP contribution >= 0.6 is 12.4 Å². The van der Waals surface area contributed by atoms with E-state index >= 15 is 0 Å². The number of likely N-dealkylation sites (tertiary alicyclic amines) is 1. The fraction of sp³-hybridized carbons (Fsp3) is 0.292. The van der Waals surface area contributed by atoms with Gasteiger partial charge in [-0.15, -0.1) is 12.4 Å². The van der Waals surface area contributed by atoms with Gasteiger partial charge in [-0.25, -0.2) is 18.3 Å². The normalized spacial score (nSPS) is 14.3. The number of piperidine rings is 1. The Labute approximate surface area is 201 Å². The molecule has 1 aliphatic rings. The quantitative estimate of drug-likeness (QED) is 0.577. The highest BCUT2D eigenvalue weighted by Crippen LogP contribution is 2.19. The molecule has 4 rings (SSSR count). The zero-order valence-corrected chi connectivity index (χ0v) is 19.4. The zero-order chi connectivity index (χ0) is 23.4. The number of hydrogen-bond acceptors (Lipinski definition) is 5. The molecule has 1 aromatic heterocycles. The second kappa shape index (κ2) is 11.2. The molecule has 0 atom stereocenters. The van der Waals surface area contributed by atoms with E-state index in [-0.39, 0.29) is 30.6 Å². The summed E-state index contributed by atoms with van der Waals surface area (Å²) in [6.45, 7) is 1.91. The average molecular weight is 491 g/mol. The van der Waals surface area contributed by atoms with E-state index in [1.807, 2.05) is 7.05 Å². The highest BCUT2D eigenvalue weighted by Gasteiger charge is 2.20. The predicted octanol–water partition coefficient (Wildman–Crippen LogP) is 4.30. The van der Waals surface area contributed by atoms with Crippen molar-refractivity contribution in [3.63, 3.8) is 0 Å². The van der Waals surface area contributed by atoms with Gasteiger partial charge in [0.2, 0.25) is 0 Å². The van der Waals surface area contributed by atoms with Crippen LogP contribution < -0.4 is 10.9 Å². The number of ether oxygens (including phenoxy) is 1. The van der Waals surface area contributed by atoms with Crippen LogP contribution in [0.1, 0.15) is 18.4 Å². The fourth-order valence-corrected chi connectivity index (χ4v) is 3.69. The molecule has 0 spiro atoms. The Kier molecular flexibility index (Phi) is 8.36. The van der Waals surface area contributed by atoms with E-state index in [1.165, 1.54) is 22.9 Å². The summed E-state index contributed by atoms with van der Waals surface area (Å²) < 4.78 is 33.5. The number of amides is 1. The molecule has 180 valence electrons. The Balaban J connectivity index is 0.00000324. The standard InChI is InChI=1S/C24H24F2N4O3.ClH/c1-29-11-9-19(10-12-29)33-24(32)27-18-4-2-3-16(13-18)15-30-23(31)8-7-22(28-30)17-5-6-20(25)21(26)14-17;/h2-8,13-14,19H,9-12,15H2,1H3,(H,27,32);1H. The van der Waals surface area contributed by atoms with E-state index in [1.54, 1.807) is 24.3 Å². The van der Waals surface area contributed by atoms with Gasteiger partial charge in [-0.05, 0) is 61.9 Å². The smallest absolute Gasteiger partial charge is 0.411 e. The summed E-state index contributed by atoms with van der Waals surface area (Å²) >= 11 is 0. The summed E-state index contributed by atoms with van der Waals surface area (Å²) in [5, 5.41) is 7.01. The molecule has 0 unspecified atom stereocenters. The molecule has 1 saturated heterocycles. The van der Waals surface area contributed by atoms with Gasteiger partial charge < -0.3 is 9.64 Å². The van der Waals surface area contributed by atoms with Gasteiger partial charge in [-0.3, -0.25) is 10.1 Å². The number of halogens is 3. The van der Waals surface area contributed by atoms with Crippen LogP contribution in [0, 0.1) is 11.6 Å². The Morgan fingerprint density at radius 1 is 1.09 bits per heavy atom. The van der Waals surface area contributed by atoms with Crippen molar-refractivity contribution in [2.24, 2.45) is 0 Å². The first-order chi connectivity index (χ1) is 15.9. The molecule has 34 heavy (non-hydrogen) atoms. The van der Waals surface area contributed by atoms with Crippen LogP contribution in [-0.2, 0) is 11.3 Å². The van der Waals surface area contributed by atoms with Crippen LogP contribution in [0.2, 0.25) is 0 Å². The summed E-state index contributed by atoms with van der Waals surface area (Å²) in [6.07, 6.45) is 0.975. The first-order valence-corrected chi connectivity index (χ1v) is 10.7. The number of nitrogens with zero attached hydrogens (tertiary/aromatic N) is 3. The van der Waals surface area contributed by atoms with Crippen molar-refractivity contribution in [3.8, 4) is 11.3 Å². The fourth-order valence-electron chi connectivity index (χ4n) is 3.69. The lowest BCUT2D eigenvalue weighted by Gasteiger charge is -2.28. The van der Waals surface area contributed by atoms with Crippen molar-refractivity contribution in [2.45, 2.75) is 25.5 Å². The van der Waals surface area contributed by atoms with Gasteiger partial charge >= 0.3 is 6.09 Å². The van der Waals surface area contributed by atoms with Gasteiger partial charge in [0.15, 0.2) is 11.6 Å². The highest BCUT2D eigenvalue weighted by molar-refractivity contribution is 5.85. The maximum Gasteiger partial charge on any atom is 0.411 e. The number of rotatable bonds is 5. The van der Waals surface area contributed by atoms with E-state index in [4.69, 9.17) is 4.74 Å². The average Bonchev–Trinajstić information content (AvgIpc) is 2.79. The van der Waals surface area contributed by atoms with Gasteiger partial charge in [0.1, 0.15) is 6.10 Å². The monoisotopic (exact) mass is 490 g/mol. The Morgan fingerprint density at radius 2 is 1.85 bits per heavy atom. The molecule has 0 bridgehead atoms. The van der Waals surface area contributed by atoms with Crippen molar-refractivity contribution < 1.29 is 18.3 Å². The molecule has 1 N–H and O–H groups in total. The number of aromatic nitrogens is 2. The van der Waals surface area contributed by atoms with Gasteiger partial charge in [0.05, 0.1) is 12.2 Å². The summed E-state index contributed by atoms with van der Waals surface area (Å²) in [5.74, 6) is -1.94. The number of anilines is 1. The molecule has 3 aromatic rings. The first kappa shape index (κ1) is 25.3. The summed E-state index contributed by atoms with van der Waals surface area (Å²) in [5.41, 5.74) is 1.61. The van der Waals surface area contributed by atoms with E-state index < -0.39 is 17.7 Å². The van der Waals surface area contributed by atoms with E-state index in [2.05, 4.69) is 15.3 Å². The molecule has 2 heterocycles.